The molecule has 152 valence electrons. The maximum atomic E-state index is 11.0. The molecule has 1 aliphatic heterocycles. The molecule has 3 aromatic rings. The number of phenolic OH excluding ortho intramolecular Hbond substituents is 1. The summed E-state index contributed by atoms with van der Waals surface area (Å²) >= 11 is 0. The van der Waals surface area contributed by atoms with Crippen LogP contribution in [0.4, 0.5) is 0 Å². The van der Waals surface area contributed by atoms with E-state index in [1.165, 1.54) is 7.11 Å². The van der Waals surface area contributed by atoms with Crippen LogP contribution in [0.25, 0.3) is 11.3 Å². The van der Waals surface area contributed by atoms with E-state index >= 15 is 0 Å². The van der Waals surface area contributed by atoms with Crippen LogP contribution in [0.2, 0.25) is 0 Å². The fraction of sp³-hybridized carbons (Fsp3) is 0.348. The van der Waals surface area contributed by atoms with Crippen LogP contribution in [0.5, 0.6) is 11.5 Å². The average Bonchev–Trinajstić information content (AvgIpc) is 3.19. The van der Waals surface area contributed by atoms with Gasteiger partial charge in [-0.2, -0.15) is 0 Å². The summed E-state index contributed by atoms with van der Waals surface area (Å²) in [5, 5.41) is 25.1. The van der Waals surface area contributed by atoms with Crippen molar-refractivity contribution in [2.75, 3.05) is 20.2 Å². The summed E-state index contributed by atoms with van der Waals surface area (Å²) in [6.45, 7) is 2.29. The first kappa shape index (κ1) is 19.5. The number of rotatable bonds is 6. The molecule has 2 N–H and O–H groups in total. The number of aliphatic hydroxyl groups is 1. The quantitative estimate of drug-likeness (QED) is 0.665. The van der Waals surface area contributed by atoms with Gasteiger partial charge in [-0.15, -0.1) is 0 Å². The van der Waals surface area contributed by atoms with Crippen molar-refractivity contribution in [2.24, 2.45) is 0 Å². The number of methoxy groups -OCH3 is 1. The van der Waals surface area contributed by atoms with Crippen molar-refractivity contribution in [3.05, 3.63) is 65.9 Å². The molecule has 1 aromatic heterocycles. The highest BCUT2D eigenvalue weighted by molar-refractivity contribution is 5.58. The van der Waals surface area contributed by atoms with Gasteiger partial charge in [0, 0.05) is 37.7 Å². The smallest absolute Gasteiger partial charge is 0.160 e. The van der Waals surface area contributed by atoms with E-state index in [2.05, 4.69) is 10.1 Å². The Morgan fingerprint density at radius 3 is 2.55 bits per heavy atom. The molecule has 2 aromatic carbocycles. The standard InChI is InChI=1S/C23H26N2O4/c1-28-22-8-7-17(13-21(22)26)16-25-11-9-23(27,10-12-25)15-19-14-20(24-29-19)18-5-3-2-4-6-18/h2-8,13-14,26-27H,9-12,15-16H2,1H3. The van der Waals surface area contributed by atoms with Crippen LogP contribution in [-0.4, -0.2) is 46.1 Å². The fourth-order valence-electron chi connectivity index (χ4n) is 3.86. The van der Waals surface area contributed by atoms with Gasteiger partial charge in [-0.25, -0.2) is 0 Å². The van der Waals surface area contributed by atoms with Crippen LogP contribution >= 0.6 is 0 Å². The molecule has 0 aliphatic carbocycles. The molecule has 0 radical (unpaired) electrons. The molecule has 2 heterocycles. The van der Waals surface area contributed by atoms with Crippen LogP contribution in [-0.2, 0) is 13.0 Å². The zero-order valence-electron chi connectivity index (χ0n) is 16.5. The molecule has 0 atom stereocenters. The van der Waals surface area contributed by atoms with Gasteiger partial charge >= 0.3 is 0 Å². The van der Waals surface area contributed by atoms with Gasteiger partial charge in [-0.1, -0.05) is 41.6 Å². The molecule has 0 saturated carbocycles. The third kappa shape index (κ3) is 4.60. The molecule has 4 rings (SSSR count). The number of piperidine rings is 1. The fourth-order valence-corrected chi connectivity index (χ4v) is 3.86. The van der Waals surface area contributed by atoms with Crippen molar-refractivity contribution < 1.29 is 19.5 Å². The minimum absolute atomic E-state index is 0.151. The van der Waals surface area contributed by atoms with Gasteiger partial charge in [-0.3, -0.25) is 4.90 Å². The van der Waals surface area contributed by atoms with Gasteiger partial charge in [-0.05, 0) is 30.5 Å². The van der Waals surface area contributed by atoms with E-state index in [0.29, 0.717) is 30.8 Å². The lowest BCUT2D eigenvalue weighted by molar-refractivity contribution is -0.0265. The minimum atomic E-state index is -0.786. The SMILES string of the molecule is COc1ccc(CN2CCC(O)(Cc3cc(-c4ccccc4)no3)CC2)cc1O. The number of hydrogen-bond donors (Lipinski definition) is 2. The van der Waals surface area contributed by atoms with E-state index < -0.39 is 5.60 Å². The number of nitrogens with zero attached hydrogens (tertiary/aromatic N) is 2. The number of ether oxygens (including phenoxy) is 1. The van der Waals surface area contributed by atoms with E-state index in [1.54, 1.807) is 12.1 Å². The molecular weight excluding hydrogens is 368 g/mol. The Labute approximate surface area is 170 Å². The van der Waals surface area contributed by atoms with E-state index in [-0.39, 0.29) is 5.75 Å². The molecule has 1 saturated heterocycles. The van der Waals surface area contributed by atoms with Gasteiger partial charge in [0.15, 0.2) is 11.5 Å². The average molecular weight is 394 g/mol. The van der Waals surface area contributed by atoms with E-state index in [0.717, 1.165) is 36.5 Å². The van der Waals surface area contributed by atoms with Gasteiger partial charge in [0.1, 0.15) is 11.5 Å². The second-order valence-corrected chi connectivity index (χ2v) is 7.73. The zero-order chi connectivity index (χ0) is 20.3. The normalized spacial score (nSPS) is 16.6. The second-order valence-electron chi connectivity index (χ2n) is 7.73. The van der Waals surface area contributed by atoms with Crippen molar-refractivity contribution in [2.45, 2.75) is 31.4 Å². The maximum Gasteiger partial charge on any atom is 0.160 e. The number of aromatic hydroxyl groups is 1. The van der Waals surface area contributed by atoms with Gasteiger partial charge < -0.3 is 19.5 Å². The monoisotopic (exact) mass is 394 g/mol. The molecular formula is C23H26N2O4. The van der Waals surface area contributed by atoms with Crippen molar-refractivity contribution in [1.82, 2.24) is 10.1 Å². The predicted octanol–water partition coefficient (Wildman–Crippen LogP) is 3.63. The first-order chi connectivity index (χ1) is 14.0. The van der Waals surface area contributed by atoms with E-state index in [4.69, 9.17) is 9.26 Å². The lowest BCUT2D eigenvalue weighted by Crippen LogP contribution is -2.45. The van der Waals surface area contributed by atoms with Crippen LogP contribution in [0.1, 0.15) is 24.2 Å². The van der Waals surface area contributed by atoms with Gasteiger partial charge in [0.05, 0.1) is 12.7 Å². The molecule has 6 nitrogen and oxygen atoms in total. The van der Waals surface area contributed by atoms with Crippen molar-refractivity contribution in [1.29, 1.82) is 0 Å². The summed E-state index contributed by atoms with van der Waals surface area (Å²) in [5.41, 5.74) is 2.04. The van der Waals surface area contributed by atoms with Crippen molar-refractivity contribution >= 4 is 0 Å². The molecule has 0 amide bonds. The van der Waals surface area contributed by atoms with E-state index in [9.17, 15) is 10.2 Å². The zero-order valence-corrected chi connectivity index (χ0v) is 16.5. The summed E-state index contributed by atoms with van der Waals surface area (Å²) < 4.78 is 10.6. The number of likely N-dealkylation sites (tertiary alicyclic amines) is 1. The Balaban J connectivity index is 1.34. The number of phenols is 1. The Hall–Kier alpha value is -2.83. The largest absolute Gasteiger partial charge is 0.504 e. The number of hydrogen-bond acceptors (Lipinski definition) is 6. The maximum absolute atomic E-state index is 11.0. The Bertz CT molecular complexity index is 947. The second kappa shape index (κ2) is 8.27. The van der Waals surface area contributed by atoms with Crippen LogP contribution in [0.3, 0.4) is 0 Å². The molecule has 1 fully saturated rings. The number of aromatic nitrogens is 1. The summed E-state index contributed by atoms with van der Waals surface area (Å²) in [7, 11) is 1.54. The van der Waals surface area contributed by atoms with Crippen LogP contribution < -0.4 is 4.74 Å². The predicted molar refractivity (Wildman–Crippen MR) is 110 cm³/mol. The third-order valence-corrected chi connectivity index (χ3v) is 5.57. The molecule has 0 bridgehead atoms. The topological polar surface area (TPSA) is 79.0 Å². The Morgan fingerprint density at radius 1 is 1.10 bits per heavy atom. The summed E-state index contributed by atoms with van der Waals surface area (Å²) in [6, 6.07) is 17.3. The molecule has 0 unspecified atom stereocenters. The number of benzene rings is 2. The molecule has 0 spiro atoms. The van der Waals surface area contributed by atoms with Crippen LogP contribution in [0, 0.1) is 0 Å². The van der Waals surface area contributed by atoms with E-state index in [1.807, 2.05) is 42.5 Å². The van der Waals surface area contributed by atoms with Crippen molar-refractivity contribution in [3.8, 4) is 22.8 Å². The lowest BCUT2D eigenvalue weighted by atomic mass is 9.87. The molecule has 6 heteroatoms. The molecule has 1 aliphatic rings. The van der Waals surface area contributed by atoms with Crippen molar-refractivity contribution in [3.63, 3.8) is 0 Å². The highest BCUT2D eigenvalue weighted by atomic mass is 16.5. The first-order valence-corrected chi connectivity index (χ1v) is 9.86. The highest BCUT2D eigenvalue weighted by Crippen LogP contribution is 2.30. The van der Waals surface area contributed by atoms with Crippen LogP contribution in [0.15, 0.2) is 59.1 Å². The first-order valence-electron chi connectivity index (χ1n) is 9.86. The summed E-state index contributed by atoms with van der Waals surface area (Å²) in [6.07, 6.45) is 1.79. The highest BCUT2D eigenvalue weighted by Gasteiger charge is 2.33. The lowest BCUT2D eigenvalue weighted by Gasteiger charge is -2.37. The van der Waals surface area contributed by atoms with Gasteiger partial charge in [0.25, 0.3) is 0 Å². The Morgan fingerprint density at radius 2 is 1.86 bits per heavy atom. The summed E-state index contributed by atoms with van der Waals surface area (Å²) in [4.78, 5) is 2.28. The third-order valence-electron chi connectivity index (χ3n) is 5.57. The minimum Gasteiger partial charge on any atom is -0.504 e. The Kier molecular flexibility index (Phi) is 5.56. The summed E-state index contributed by atoms with van der Waals surface area (Å²) in [5.74, 6) is 1.33. The molecule has 29 heavy (non-hydrogen) atoms. The van der Waals surface area contributed by atoms with Gasteiger partial charge in [0.2, 0.25) is 0 Å².